The van der Waals surface area contributed by atoms with E-state index in [0.717, 1.165) is 35.4 Å². The first-order chi connectivity index (χ1) is 11.6. The third-order valence-electron chi connectivity index (χ3n) is 3.78. The molecule has 1 N–H and O–H groups in total. The molecule has 3 heteroatoms. The molecular formula is C21H27NO2. The molecule has 0 aliphatic rings. The first kappa shape index (κ1) is 18.1. The van der Waals surface area contributed by atoms with Gasteiger partial charge >= 0.3 is 0 Å². The second-order valence-electron chi connectivity index (χ2n) is 6.27. The van der Waals surface area contributed by atoms with E-state index in [9.17, 15) is 4.79 Å². The van der Waals surface area contributed by atoms with Gasteiger partial charge in [-0.1, -0.05) is 31.5 Å². The van der Waals surface area contributed by atoms with Gasteiger partial charge in [-0.05, 0) is 67.6 Å². The Morgan fingerprint density at radius 3 is 2.33 bits per heavy atom. The lowest BCUT2D eigenvalue weighted by molar-refractivity contribution is -0.116. The van der Waals surface area contributed by atoms with Gasteiger partial charge in [0.15, 0.2) is 0 Å². The third kappa shape index (κ3) is 6.07. The predicted octanol–water partition coefficient (Wildman–Crippen LogP) is 5.05. The molecule has 24 heavy (non-hydrogen) atoms. The molecule has 0 fully saturated rings. The Morgan fingerprint density at radius 1 is 1.04 bits per heavy atom. The Hall–Kier alpha value is -2.29. The van der Waals surface area contributed by atoms with Gasteiger partial charge in [0.2, 0.25) is 5.91 Å². The fraction of sp³-hybridized carbons (Fsp3) is 0.381. The first-order valence-electron chi connectivity index (χ1n) is 8.66. The van der Waals surface area contributed by atoms with Gasteiger partial charge in [-0.25, -0.2) is 0 Å². The zero-order chi connectivity index (χ0) is 17.4. The fourth-order valence-corrected chi connectivity index (χ4v) is 2.73. The molecule has 0 spiro atoms. The molecule has 0 aromatic heterocycles. The summed E-state index contributed by atoms with van der Waals surface area (Å²) in [5.74, 6) is 0.895. The van der Waals surface area contributed by atoms with Crippen molar-refractivity contribution in [1.29, 1.82) is 0 Å². The third-order valence-corrected chi connectivity index (χ3v) is 3.78. The van der Waals surface area contributed by atoms with Gasteiger partial charge in [-0.15, -0.1) is 0 Å². The van der Waals surface area contributed by atoms with Crippen LogP contribution < -0.4 is 10.1 Å². The summed E-state index contributed by atoms with van der Waals surface area (Å²) in [6.45, 7) is 6.78. The molecule has 2 aromatic carbocycles. The number of hydrogen-bond acceptors (Lipinski definition) is 2. The molecule has 0 atom stereocenters. The van der Waals surface area contributed by atoms with Gasteiger partial charge in [-0.3, -0.25) is 4.79 Å². The number of rotatable bonds is 8. The summed E-state index contributed by atoms with van der Waals surface area (Å²) >= 11 is 0. The van der Waals surface area contributed by atoms with Crippen LogP contribution >= 0.6 is 0 Å². The number of anilines is 1. The van der Waals surface area contributed by atoms with E-state index in [1.807, 2.05) is 38.1 Å². The molecule has 2 aromatic rings. The van der Waals surface area contributed by atoms with E-state index >= 15 is 0 Å². The van der Waals surface area contributed by atoms with Crippen LogP contribution in [0.15, 0.2) is 42.5 Å². The number of amides is 1. The number of ether oxygens (including phenoxy) is 1. The van der Waals surface area contributed by atoms with Gasteiger partial charge < -0.3 is 10.1 Å². The van der Waals surface area contributed by atoms with Crippen molar-refractivity contribution in [2.24, 2.45) is 0 Å². The van der Waals surface area contributed by atoms with E-state index < -0.39 is 0 Å². The summed E-state index contributed by atoms with van der Waals surface area (Å²) in [4.78, 5) is 12.0. The van der Waals surface area contributed by atoms with Crippen LogP contribution in [0.2, 0.25) is 0 Å². The molecule has 3 nitrogen and oxygen atoms in total. The molecule has 0 aliphatic heterocycles. The van der Waals surface area contributed by atoms with E-state index in [-0.39, 0.29) is 5.91 Å². The van der Waals surface area contributed by atoms with Gasteiger partial charge in [0.1, 0.15) is 5.75 Å². The number of carbonyl (C=O) groups is 1. The van der Waals surface area contributed by atoms with E-state index in [2.05, 4.69) is 30.4 Å². The van der Waals surface area contributed by atoms with Crippen molar-refractivity contribution in [3.8, 4) is 5.75 Å². The van der Waals surface area contributed by atoms with Crippen molar-refractivity contribution in [2.75, 3.05) is 11.9 Å². The molecule has 0 unspecified atom stereocenters. The second-order valence-corrected chi connectivity index (χ2v) is 6.27. The Labute approximate surface area is 145 Å². The quantitative estimate of drug-likeness (QED) is 0.689. The highest BCUT2D eigenvalue weighted by molar-refractivity contribution is 5.90. The number of nitrogens with one attached hydrogen (secondary N) is 1. The van der Waals surface area contributed by atoms with Crippen LogP contribution in [0.5, 0.6) is 5.75 Å². The Balaban J connectivity index is 1.70. The van der Waals surface area contributed by atoms with Crippen LogP contribution in [0.1, 0.15) is 42.9 Å². The largest absolute Gasteiger partial charge is 0.494 e. The predicted molar refractivity (Wildman–Crippen MR) is 99.7 cm³/mol. The van der Waals surface area contributed by atoms with E-state index in [0.29, 0.717) is 19.4 Å². The average Bonchev–Trinajstić information content (AvgIpc) is 2.52. The molecule has 1 amide bonds. The number of benzene rings is 2. The molecular weight excluding hydrogens is 298 g/mol. The second kappa shape index (κ2) is 9.11. The molecule has 128 valence electrons. The zero-order valence-corrected chi connectivity index (χ0v) is 14.9. The highest BCUT2D eigenvalue weighted by Gasteiger charge is 2.04. The van der Waals surface area contributed by atoms with E-state index in [1.165, 1.54) is 5.56 Å². The molecule has 0 saturated carbocycles. The summed E-state index contributed by atoms with van der Waals surface area (Å²) < 4.78 is 5.70. The highest BCUT2D eigenvalue weighted by atomic mass is 16.5. The Morgan fingerprint density at radius 2 is 1.71 bits per heavy atom. The standard InChI is InChI=1S/C21H27NO2/c1-4-6-18-8-10-20(11-9-18)24-12-5-7-21(23)22-19-14-16(2)13-17(3)15-19/h8-11,13-15H,4-7,12H2,1-3H3,(H,22,23). The minimum atomic E-state index is 0.0295. The lowest BCUT2D eigenvalue weighted by Crippen LogP contribution is -2.13. The van der Waals surface area contributed by atoms with Crippen LogP contribution in [0.3, 0.4) is 0 Å². The molecule has 0 radical (unpaired) electrons. The van der Waals surface area contributed by atoms with E-state index in [1.54, 1.807) is 0 Å². The van der Waals surface area contributed by atoms with Gasteiger partial charge in [0.25, 0.3) is 0 Å². The van der Waals surface area contributed by atoms with Crippen molar-refractivity contribution in [3.63, 3.8) is 0 Å². The van der Waals surface area contributed by atoms with Crippen LogP contribution in [0.4, 0.5) is 5.69 Å². The zero-order valence-electron chi connectivity index (χ0n) is 14.9. The lowest BCUT2D eigenvalue weighted by Gasteiger charge is -2.09. The van der Waals surface area contributed by atoms with Crippen LogP contribution in [0.25, 0.3) is 0 Å². The molecule has 0 heterocycles. The lowest BCUT2D eigenvalue weighted by atomic mass is 10.1. The van der Waals surface area contributed by atoms with Gasteiger partial charge in [0, 0.05) is 12.1 Å². The highest BCUT2D eigenvalue weighted by Crippen LogP contribution is 2.15. The van der Waals surface area contributed by atoms with Crippen molar-refractivity contribution in [3.05, 3.63) is 59.2 Å². The topological polar surface area (TPSA) is 38.3 Å². The summed E-state index contributed by atoms with van der Waals surface area (Å²) in [5, 5.41) is 2.95. The first-order valence-corrected chi connectivity index (χ1v) is 8.66. The minimum Gasteiger partial charge on any atom is -0.494 e. The number of aryl methyl sites for hydroxylation is 3. The number of carbonyl (C=O) groups excluding carboxylic acids is 1. The van der Waals surface area contributed by atoms with Crippen molar-refractivity contribution in [2.45, 2.75) is 46.5 Å². The number of hydrogen-bond donors (Lipinski definition) is 1. The average molecular weight is 325 g/mol. The van der Waals surface area contributed by atoms with Crippen molar-refractivity contribution in [1.82, 2.24) is 0 Å². The summed E-state index contributed by atoms with van der Waals surface area (Å²) in [6.07, 6.45) is 3.41. The molecule has 0 aliphatic carbocycles. The maximum Gasteiger partial charge on any atom is 0.224 e. The van der Waals surface area contributed by atoms with Crippen LogP contribution in [0, 0.1) is 13.8 Å². The SMILES string of the molecule is CCCc1ccc(OCCCC(=O)Nc2cc(C)cc(C)c2)cc1. The Kier molecular flexibility index (Phi) is 6.86. The normalized spacial score (nSPS) is 10.5. The minimum absolute atomic E-state index is 0.0295. The maximum absolute atomic E-state index is 12.0. The summed E-state index contributed by atoms with van der Waals surface area (Å²) in [7, 11) is 0. The maximum atomic E-state index is 12.0. The van der Waals surface area contributed by atoms with Crippen LogP contribution in [-0.4, -0.2) is 12.5 Å². The van der Waals surface area contributed by atoms with Crippen LogP contribution in [-0.2, 0) is 11.2 Å². The molecule has 2 rings (SSSR count). The van der Waals surface area contributed by atoms with Crippen molar-refractivity contribution >= 4 is 11.6 Å². The molecule has 0 saturated heterocycles. The Bertz CT molecular complexity index is 642. The monoisotopic (exact) mass is 325 g/mol. The summed E-state index contributed by atoms with van der Waals surface area (Å²) in [5.41, 5.74) is 4.50. The van der Waals surface area contributed by atoms with Crippen molar-refractivity contribution < 1.29 is 9.53 Å². The smallest absolute Gasteiger partial charge is 0.224 e. The summed E-state index contributed by atoms with van der Waals surface area (Å²) in [6, 6.07) is 14.3. The van der Waals surface area contributed by atoms with E-state index in [4.69, 9.17) is 4.74 Å². The van der Waals surface area contributed by atoms with Gasteiger partial charge in [-0.2, -0.15) is 0 Å². The fourth-order valence-electron chi connectivity index (χ4n) is 2.73. The molecule has 0 bridgehead atoms. The van der Waals surface area contributed by atoms with Gasteiger partial charge in [0.05, 0.1) is 6.61 Å².